The molecule has 1 saturated heterocycles. The first kappa shape index (κ1) is 28.4. The van der Waals surface area contributed by atoms with Crippen LogP contribution in [0, 0.1) is 6.92 Å². The van der Waals surface area contributed by atoms with Crippen LogP contribution in [0.25, 0.3) is 5.76 Å². The minimum absolute atomic E-state index is 0.00720. The average molecular weight is 577 g/mol. The molecule has 2 atom stereocenters. The van der Waals surface area contributed by atoms with Gasteiger partial charge in [-0.3, -0.25) is 14.5 Å². The van der Waals surface area contributed by atoms with Crippen LogP contribution < -0.4 is 14.4 Å². The number of anilines is 1. The third kappa shape index (κ3) is 5.44. The van der Waals surface area contributed by atoms with Gasteiger partial charge in [0, 0.05) is 12.0 Å². The number of benzene rings is 2. The maximum Gasteiger partial charge on any atom is 0.350 e. The van der Waals surface area contributed by atoms with Crippen molar-refractivity contribution in [3.63, 3.8) is 0 Å². The smallest absolute Gasteiger partial charge is 0.350 e. The number of rotatable bonds is 9. The van der Waals surface area contributed by atoms with E-state index in [9.17, 15) is 19.5 Å². The molecule has 2 unspecified atom stereocenters. The molecular formula is C31H32N2O7S. The Morgan fingerprint density at radius 3 is 2.63 bits per heavy atom. The summed E-state index contributed by atoms with van der Waals surface area (Å²) in [7, 11) is 0. The number of hydrogen-bond acceptors (Lipinski definition) is 9. The third-order valence-electron chi connectivity index (χ3n) is 7.03. The molecule has 2 aliphatic heterocycles. The molecule has 3 aromatic rings. The molecule has 1 N–H and O–H groups in total. The summed E-state index contributed by atoms with van der Waals surface area (Å²) in [4.78, 5) is 45.6. The maximum atomic E-state index is 13.6. The number of ether oxygens (including phenoxy) is 3. The summed E-state index contributed by atoms with van der Waals surface area (Å²) in [6, 6.07) is 11.3. The Labute approximate surface area is 242 Å². The SMILES string of the molecule is CCCCOc1ccc(C2/C(=C(\O)c3ccc4c(c3)CC(C)O4)C(=O)C(=O)N2c2nc(C)c(C(=O)OCC)s2)cc1. The third-order valence-corrected chi connectivity index (χ3v) is 8.17. The number of aromatic nitrogens is 1. The monoisotopic (exact) mass is 576 g/mol. The van der Waals surface area contributed by atoms with E-state index in [4.69, 9.17) is 14.2 Å². The molecule has 1 fully saturated rings. The number of fused-ring (bicyclic) bond motifs is 1. The van der Waals surface area contributed by atoms with Crippen LogP contribution in [0.4, 0.5) is 5.13 Å². The highest BCUT2D eigenvalue weighted by Gasteiger charge is 2.48. The van der Waals surface area contributed by atoms with Gasteiger partial charge in [-0.1, -0.05) is 36.8 Å². The van der Waals surface area contributed by atoms with Gasteiger partial charge in [0.1, 0.15) is 28.2 Å². The highest BCUT2D eigenvalue weighted by atomic mass is 32.1. The zero-order valence-corrected chi connectivity index (χ0v) is 24.2. The van der Waals surface area contributed by atoms with E-state index in [2.05, 4.69) is 11.9 Å². The van der Waals surface area contributed by atoms with Crippen molar-refractivity contribution >= 4 is 39.9 Å². The molecule has 2 aromatic carbocycles. The predicted octanol–water partition coefficient (Wildman–Crippen LogP) is 5.76. The summed E-state index contributed by atoms with van der Waals surface area (Å²) in [6.45, 7) is 8.15. The molecule has 9 nitrogen and oxygen atoms in total. The Balaban J connectivity index is 1.61. The van der Waals surface area contributed by atoms with Crippen LogP contribution >= 0.6 is 11.3 Å². The summed E-state index contributed by atoms with van der Waals surface area (Å²) < 4.78 is 16.7. The fourth-order valence-corrected chi connectivity index (χ4v) is 6.01. The van der Waals surface area contributed by atoms with Gasteiger partial charge in [0.15, 0.2) is 5.13 Å². The van der Waals surface area contributed by atoms with Crippen LogP contribution in [0.3, 0.4) is 0 Å². The molecule has 1 amide bonds. The predicted molar refractivity (Wildman–Crippen MR) is 155 cm³/mol. The summed E-state index contributed by atoms with van der Waals surface area (Å²) in [5, 5.41) is 11.7. The van der Waals surface area contributed by atoms with Gasteiger partial charge in [-0.05, 0) is 68.7 Å². The standard InChI is InChI=1S/C31H32N2O7S/c1-5-7-14-39-22-11-8-19(9-12-22)25-24(26(34)20-10-13-23-21(16-20)15-17(3)40-23)27(35)29(36)33(25)31-32-18(4)28(41-31)30(37)38-6-2/h8-13,16-17,25,34H,5-7,14-15H2,1-4H3/b26-24+. The number of thiazole rings is 1. The lowest BCUT2D eigenvalue weighted by atomic mass is 9.94. The fraction of sp³-hybridized carbons (Fsp3) is 0.355. The second-order valence-electron chi connectivity index (χ2n) is 10.0. The minimum Gasteiger partial charge on any atom is -0.507 e. The number of amides is 1. The number of ketones is 1. The zero-order valence-electron chi connectivity index (χ0n) is 23.4. The Morgan fingerprint density at radius 1 is 1.17 bits per heavy atom. The molecule has 214 valence electrons. The number of carbonyl (C=O) groups is 3. The number of nitrogens with zero attached hydrogens (tertiary/aromatic N) is 2. The van der Waals surface area contributed by atoms with E-state index in [0.29, 0.717) is 35.6 Å². The first-order valence-corrected chi connectivity index (χ1v) is 14.5. The number of aliphatic hydroxyl groups is 1. The second kappa shape index (κ2) is 11.7. The van der Waals surface area contributed by atoms with Gasteiger partial charge in [-0.15, -0.1) is 0 Å². The molecule has 10 heteroatoms. The molecule has 5 rings (SSSR count). The van der Waals surface area contributed by atoms with Crippen LogP contribution in [0.15, 0.2) is 48.0 Å². The van der Waals surface area contributed by atoms with Crippen molar-refractivity contribution in [3.8, 4) is 11.5 Å². The van der Waals surface area contributed by atoms with Crippen molar-refractivity contribution in [1.82, 2.24) is 4.98 Å². The molecule has 3 heterocycles. The number of esters is 1. The molecular weight excluding hydrogens is 544 g/mol. The number of aliphatic hydroxyl groups excluding tert-OH is 1. The summed E-state index contributed by atoms with van der Waals surface area (Å²) >= 11 is 0.974. The van der Waals surface area contributed by atoms with Crippen molar-refractivity contribution in [3.05, 3.63) is 75.3 Å². The van der Waals surface area contributed by atoms with E-state index in [-0.39, 0.29) is 34.1 Å². The van der Waals surface area contributed by atoms with Crippen LogP contribution in [0.2, 0.25) is 0 Å². The number of carbonyl (C=O) groups excluding carboxylic acids is 3. The Hall–Kier alpha value is -4.18. The first-order valence-electron chi connectivity index (χ1n) is 13.7. The molecule has 0 spiro atoms. The lowest BCUT2D eigenvalue weighted by Gasteiger charge is -2.23. The van der Waals surface area contributed by atoms with Crippen molar-refractivity contribution < 1.29 is 33.7 Å². The van der Waals surface area contributed by atoms with Crippen LogP contribution in [-0.2, 0) is 20.7 Å². The normalized spacial score (nSPS) is 19.3. The van der Waals surface area contributed by atoms with E-state index in [0.717, 1.165) is 35.5 Å². The molecule has 0 saturated carbocycles. The van der Waals surface area contributed by atoms with E-state index in [1.54, 1.807) is 56.3 Å². The van der Waals surface area contributed by atoms with E-state index < -0.39 is 23.7 Å². The summed E-state index contributed by atoms with van der Waals surface area (Å²) in [6.07, 6.45) is 2.59. The molecule has 2 aliphatic rings. The molecule has 1 aromatic heterocycles. The number of Topliss-reactive ketones (excluding diaryl/α,β-unsaturated/α-hetero) is 1. The van der Waals surface area contributed by atoms with Crippen LogP contribution in [0.5, 0.6) is 11.5 Å². The van der Waals surface area contributed by atoms with Crippen molar-refractivity contribution in [1.29, 1.82) is 0 Å². The largest absolute Gasteiger partial charge is 0.507 e. The Kier molecular flexibility index (Phi) is 8.12. The van der Waals surface area contributed by atoms with Gasteiger partial charge in [-0.25, -0.2) is 9.78 Å². The van der Waals surface area contributed by atoms with Crippen LogP contribution in [-0.4, -0.2) is 47.1 Å². The summed E-state index contributed by atoms with van der Waals surface area (Å²) in [5.41, 5.74) is 2.22. The van der Waals surface area contributed by atoms with E-state index in [1.807, 2.05) is 6.92 Å². The molecule has 0 radical (unpaired) electrons. The lowest BCUT2D eigenvalue weighted by Crippen LogP contribution is -2.29. The topological polar surface area (TPSA) is 115 Å². The highest BCUT2D eigenvalue weighted by molar-refractivity contribution is 7.17. The van der Waals surface area contributed by atoms with Gasteiger partial charge >= 0.3 is 11.9 Å². The summed E-state index contributed by atoms with van der Waals surface area (Å²) in [5.74, 6) is -1.14. The van der Waals surface area contributed by atoms with Crippen molar-refractivity contribution in [2.75, 3.05) is 18.1 Å². The van der Waals surface area contributed by atoms with Gasteiger partial charge in [-0.2, -0.15) is 0 Å². The van der Waals surface area contributed by atoms with Gasteiger partial charge in [0.2, 0.25) is 0 Å². The minimum atomic E-state index is -0.983. The Bertz CT molecular complexity index is 1530. The van der Waals surface area contributed by atoms with E-state index >= 15 is 0 Å². The lowest BCUT2D eigenvalue weighted by molar-refractivity contribution is -0.132. The Morgan fingerprint density at radius 2 is 1.93 bits per heavy atom. The van der Waals surface area contributed by atoms with E-state index in [1.165, 1.54) is 4.90 Å². The second-order valence-corrected chi connectivity index (χ2v) is 11.0. The highest BCUT2D eigenvalue weighted by Crippen LogP contribution is 2.44. The van der Waals surface area contributed by atoms with Gasteiger partial charge in [0.05, 0.1) is 30.5 Å². The van der Waals surface area contributed by atoms with Crippen molar-refractivity contribution in [2.45, 2.75) is 59.1 Å². The fourth-order valence-electron chi connectivity index (χ4n) is 5.02. The quantitative estimate of drug-likeness (QED) is 0.112. The van der Waals surface area contributed by atoms with Gasteiger partial charge in [0.25, 0.3) is 5.78 Å². The average Bonchev–Trinajstić information content (AvgIpc) is 3.60. The molecule has 0 aliphatic carbocycles. The maximum absolute atomic E-state index is 13.6. The van der Waals surface area contributed by atoms with Gasteiger partial charge < -0.3 is 19.3 Å². The molecule has 0 bridgehead atoms. The van der Waals surface area contributed by atoms with Crippen LogP contribution in [0.1, 0.15) is 71.7 Å². The molecule has 41 heavy (non-hydrogen) atoms. The number of hydrogen-bond donors (Lipinski definition) is 1. The first-order chi connectivity index (χ1) is 19.7. The van der Waals surface area contributed by atoms with Crippen molar-refractivity contribution in [2.24, 2.45) is 0 Å². The zero-order chi connectivity index (χ0) is 29.3. The number of unbranched alkanes of at least 4 members (excludes halogenated alkanes) is 1. The number of aryl methyl sites for hydroxylation is 1.